The Hall–Kier alpha value is -3.79. The predicted octanol–water partition coefficient (Wildman–Crippen LogP) is 1.81. The Bertz CT molecular complexity index is 1370. The van der Waals surface area contributed by atoms with Gasteiger partial charge in [-0.2, -0.15) is 0 Å². The van der Waals surface area contributed by atoms with Gasteiger partial charge in [0.25, 0.3) is 0 Å². The minimum absolute atomic E-state index is 0.00447. The number of aromatic hydroxyl groups is 4. The zero-order valence-electron chi connectivity index (χ0n) is 16.9. The predicted molar refractivity (Wildman–Crippen MR) is 110 cm³/mol. The van der Waals surface area contributed by atoms with Crippen LogP contribution in [0.1, 0.15) is 38.7 Å². The highest BCUT2D eigenvalue weighted by Crippen LogP contribution is 2.61. The van der Waals surface area contributed by atoms with E-state index in [0.717, 1.165) is 6.07 Å². The molecule has 3 heterocycles. The van der Waals surface area contributed by atoms with Crippen LogP contribution >= 0.6 is 0 Å². The van der Waals surface area contributed by atoms with Crippen molar-refractivity contribution in [1.82, 2.24) is 0 Å². The smallest absolute Gasteiger partial charge is 0.236 e. The quantitative estimate of drug-likeness (QED) is 0.304. The number of phenolic OH excluding ortho intramolecular Hbond substituents is 4. The van der Waals surface area contributed by atoms with Crippen LogP contribution in [0.2, 0.25) is 0 Å². The third-order valence-corrected chi connectivity index (χ3v) is 6.70. The van der Waals surface area contributed by atoms with Crippen LogP contribution < -0.4 is 4.74 Å². The Kier molecular flexibility index (Phi) is 3.71. The van der Waals surface area contributed by atoms with Gasteiger partial charge in [0.2, 0.25) is 17.2 Å². The molecule has 0 amide bonds. The van der Waals surface area contributed by atoms with Crippen molar-refractivity contribution < 1.29 is 44.9 Å². The molecular weight excluding hydrogens is 432 g/mol. The van der Waals surface area contributed by atoms with Crippen molar-refractivity contribution in [1.29, 1.82) is 0 Å². The summed E-state index contributed by atoms with van der Waals surface area (Å²) < 4.78 is 12.1. The summed E-state index contributed by atoms with van der Waals surface area (Å²) in [6.45, 7) is 0. The van der Waals surface area contributed by atoms with E-state index in [9.17, 15) is 35.4 Å². The number of ether oxygens (including phenoxy) is 2. The summed E-state index contributed by atoms with van der Waals surface area (Å²) in [5.41, 5.74) is -2.58. The average molecular weight is 450 g/mol. The molecule has 33 heavy (non-hydrogen) atoms. The molecule has 7 rings (SSSR count). The van der Waals surface area contributed by atoms with Crippen molar-refractivity contribution in [2.75, 3.05) is 0 Å². The summed E-state index contributed by atoms with van der Waals surface area (Å²) in [6, 6.07) is 11.0. The highest BCUT2D eigenvalue weighted by atomic mass is 16.7. The average Bonchev–Trinajstić information content (AvgIpc) is 2.94. The van der Waals surface area contributed by atoms with Crippen molar-refractivity contribution in [2.24, 2.45) is 0 Å². The molecule has 0 unspecified atom stereocenters. The van der Waals surface area contributed by atoms with Gasteiger partial charge in [-0.1, -0.05) is 30.3 Å². The Labute approximate surface area is 186 Å². The summed E-state index contributed by atoms with van der Waals surface area (Å²) in [5.74, 6) is -5.38. The first-order chi connectivity index (χ1) is 15.7. The van der Waals surface area contributed by atoms with Gasteiger partial charge >= 0.3 is 0 Å². The molecule has 9 nitrogen and oxygen atoms in total. The number of hydrogen-bond acceptors (Lipinski definition) is 9. The Balaban J connectivity index is 1.66. The lowest BCUT2D eigenvalue weighted by Crippen LogP contribution is -2.56. The van der Waals surface area contributed by atoms with E-state index in [0.29, 0.717) is 5.56 Å². The molecule has 4 bridgehead atoms. The fourth-order valence-corrected chi connectivity index (χ4v) is 5.14. The minimum Gasteiger partial charge on any atom is -0.507 e. The maximum absolute atomic E-state index is 13.4. The van der Waals surface area contributed by atoms with E-state index in [1.165, 1.54) is 30.3 Å². The largest absolute Gasteiger partial charge is 0.507 e. The number of carbonyl (C=O) groups excluding carboxylic acids is 1. The van der Waals surface area contributed by atoms with E-state index in [-0.39, 0.29) is 40.4 Å². The second-order valence-electron chi connectivity index (χ2n) is 8.47. The van der Waals surface area contributed by atoms with Crippen molar-refractivity contribution in [3.8, 4) is 28.7 Å². The van der Waals surface area contributed by atoms with Crippen molar-refractivity contribution in [2.45, 2.75) is 30.0 Å². The van der Waals surface area contributed by atoms with E-state index in [1.54, 1.807) is 12.1 Å². The van der Waals surface area contributed by atoms with Crippen LogP contribution in [0.25, 0.3) is 0 Å². The number of phenols is 4. The minimum atomic E-state index is -2.75. The molecule has 0 fully saturated rings. The van der Waals surface area contributed by atoms with Gasteiger partial charge in [0.15, 0.2) is 17.6 Å². The van der Waals surface area contributed by atoms with E-state index in [2.05, 4.69) is 0 Å². The molecule has 168 valence electrons. The topological polar surface area (TPSA) is 157 Å². The van der Waals surface area contributed by atoms with E-state index < -0.39 is 46.4 Å². The van der Waals surface area contributed by atoms with E-state index in [1.807, 2.05) is 0 Å². The summed E-state index contributed by atoms with van der Waals surface area (Å²) in [7, 11) is 0. The molecular formula is C24H18O9. The number of carbonyl (C=O) groups is 1. The molecule has 4 aliphatic rings. The Morgan fingerprint density at radius 1 is 0.879 bits per heavy atom. The second kappa shape index (κ2) is 6.16. The molecule has 3 aliphatic heterocycles. The molecule has 1 aliphatic carbocycles. The lowest BCUT2D eigenvalue weighted by Gasteiger charge is -2.47. The van der Waals surface area contributed by atoms with Gasteiger partial charge in [-0.3, -0.25) is 4.79 Å². The van der Waals surface area contributed by atoms with Crippen LogP contribution in [0.15, 0.2) is 48.5 Å². The maximum Gasteiger partial charge on any atom is 0.236 e. The standard InChI is InChI=1S/C24H18O9/c25-14-6-5-10(7-16(14)27)20-18-8-12-15(26)9-17(28)19(21(12)32-20)23(30)22(29)11-3-1-2-4-13(11)24(23,31)33-18/h1-7,9,18,20,25-28,30-31H,8H2/t18-,20+,23+,24+/m0/s1. The number of hydrogen-bond donors (Lipinski definition) is 6. The van der Waals surface area contributed by atoms with Gasteiger partial charge in [0, 0.05) is 29.2 Å². The number of rotatable bonds is 1. The molecule has 3 aromatic carbocycles. The first-order valence-electron chi connectivity index (χ1n) is 10.2. The zero-order valence-corrected chi connectivity index (χ0v) is 16.9. The molecule has 6 N–H and O–H groups in total. The van der Waals surface area contributed by atoms with Gasteiger partial charge in [-0.15, -0.1) is 0 Å². The summed E-state index contributed by atoms with van der Waals surface area (Å²) in [6.07, 6.45) is -2.03. The molecule has 0 spiro atoms. The summed E-state index contributed by atoms with van der Waals surface area (Å²) >= 11 is 0. The van der Waals surface area contributed by atoms with Crippen LogP contribution in [0.4, 0.5) is 0 Å². The van der Waals surface area contributed by atoms with Crippen LogP contribution in [-0.2, 0) is 22.5 Å². The monoisotopic (exact) mass is 450 g/mol. The first kappa shape index (κ1) is 19.9. The fourth-order valence-electron chi connectivity index (χ4n) is 5.14. The zero-order chi connectivity index (χ0) is 23.3. The van der Waals surface area contributed by atoms with E-state index in [4.69, 9.17) is 9.47 Å². The second-order valence-corrected chi connectivity index (χ2v) is 8.47. The lowest BCUT2D eigenvalue weighted by molar-refractivity contribution is -0.325. The number of fused-ring (bicyclic) bond motifs is 2. The number of aliphatic hydroxyl groups is 2. The molecule has 3 aromatic rings. The van der Waals surface area contributed by atoms with Crippen molar-refractivity contribution >= 4 is 5.78 Å². The molecule has 0 radical (unpaired) electrons. The maximum atomic E-state index is 13.4. The van der Waals surface area contributed by atoms with Gasteiger partial charge in [0.1, 0.15) is 23.4 Å². The van der Waals surface area contributed by atoms with Crippen LogP contribution in [-0.4, -0.2) is 42.5 Å². The molecule has 4 atom stereocenters. The molecule has 0 aromatic heterocycles. The highest BCUT2D eigenvalue weighted by molar-refractivity contribution is 6.09. The van der Waals surface area contributed by atoms with Crippen LogP contribution in [0, 0.1) is 0 Å². The van der Waals surface area contributed by atoms with Gasteiger partial charge < -0.3 is 40.1 Å². The molecule has 0 saturated carbocycles. The SMILES string of the molecule is O=C1c2ccccc2[C@@]2(O)O[C@H]3Cc4c(O)cc(O)c(c4O[C@@H]3c3ccc(O)c(O)c3)[C@@]12O. The number of ketones is 1. The molecule has 9 heteroatoms. The third kappa shape index (κ3) is 2.28. The normalized spacial score (nSPS) is 29.1. The highest BCUT2D eigenvalue weighted by Gasteiger charge is 2.69. The fraction of sp³-hybridized carbons (Fsp3) is 0.208. The first-order valence-corrected chi connectivity index (χ1v) is 10.2. The van der Waals surface area contributed by atoms with Crippen LogP contribution in [0.3, 0.4) is 0 Å². The van der Waals surface area contributed by atoms with Crippen molar-refractivity contribution in [3.05, 3.63) is 76.3 Å². The summed E-state index contributed by atoms with van der Waals surface area (Å²) in [5, 5.41) is 64.5. The lowest BCUT2D eigenvalue weighted by atomic mass is 9.78. The molecule has 0 saturated heterocycles. The van der Waals surface area contributed by atoms with Crippen LogP contribution in [0.5, 0.6) is 28.7 Å². The third-order valence-electron chi connectivity index (χ3n) is 6.70. The number of benzene rings is 3. The summed E-state index contributed by atoms with van der Waals surface area (Å²) in [4.78, 5) is 13.4. The number of Topliss-reactive ketones (excluding diaryl/α,β-unsaturated/α-hetero) is 1. The Morgan fingerprint density at radius 3 is 2.39 bits per heavy atom. The Morgan fingerprint density at radius 2 is 1.64 bits per heavy atom. The van der Waals surface area contributed by atoms with Gasteiger partial charge in [-0.25, -0.2) is 0 Å². The van der Waals surface area contributed by atoms with Gasteiger partial charge in [0.05, 0.1) is 5.56 Å². The van der Waals surface area contributed by atoms with Crippen molar-refractivity contribution in [3.63, 3.8) is 0 Å². The van der Waals surface area contributed by atoms with E-state index >= 15 is 0 Å². The van der Waals surface area contributed by atoms with Gasteiger partial charge in [-0.05, 0) is 17.7 Å².